The summed E-state index contributed by atoms with van der Waals surface area (Å²) in [6.45, 7) is 5.83. The molecule has 6 heteroatoms. The number of aryl methyl sites for hydroxylation is 1. The number of nitrogens with two attached hydrogens (primary N) is 1. The fourth-order valence-electron chi connectivity index (χ4n) is 2.44. The van der Waals surface area contributed by atoms with Crippen LogP contribution in [0.5, 0.6) is 0 Å². The zero-order valence-corrected chi connectivity index (χ0v) is 14.4. The summed E-state index contributed by atoms with van der Waals surface area (Å²) in [6.07, 6.45) is 0. The lowest BCUT2D eigenvalue weighted by Gasteiger charge is -2.16. The molecule has 0 unspecified atom stereocenters. The van der Waals surface area contributed by atoms with Crippen LogP contribution in [0.2, 0.25) is 0 Å². The number of para-hydroxylation sites is 2. The molecule has 6 nitrogen and oxygen atoms in total. The first kappa shape index (κ1) is 18.2. The SMILES string of the molecule is Cc1cccc(C(C)C)c1NC(=O)C(=O)NC(=O)c1ccccc1N. The summed E-state index contributed by atoms with van der Waals surface area (Å²) in [6, 6.07) is 11.9. The Bertz CT molecular complexity index is 828. The standard InChI is InChI=1S/C19H21N3O3/c1-11(2)13-9-6-7-12(3)16(13)21-18(24)19(25)22-17(23)14-8-4-5-10-15(14)20/h4-11H,20H2,1-3H3,(H,21,24)(H,22,23,25). The minimum Gasteiger partial charge on any atom is -0.398 e. The quantitative estimate of drug-likeness (QED) is 0.591. The van der Waals surface area contributed by atoms with Gasteiger partial charge >= 0.3 is 11.8 Å². The van der Waals surface area contributed by atoms with E-state index in [-0.39, 0.29) is 17.2 Å². The number of benzene rings is 2. The van der Waals surface area contributed by atoms with Gasteiger partial charge < -0.3 is 11.1 Å². The van der Waals surface area contributed by atoms with Gasteiger partial charge in [0.25, 0.3) is 5.91 Å². The molecule has 25 heavy (non-hydrogen) atoms. The first-order valence-electron chi connectivity index (χ1n) is 7.92. The topological polar surface area (TPSA) is 101 Å². The molecule has 2 aromatic rings. The summed E-state index contributed by atoms with van der Waals surface area (Å²) in [4.78, 5) is 36.3. The minimum atomic E-state index is -1.04. The van der Waals surface area contributed by atoms with E-state index in [0.29, 0.717) is 5.69 Å². The summed E-state index contributed by atoms with van der Waals surface area (Å²) in [5.74, 6) is -2.48. The fraction of sp³-hybridized carbons (Fsp3) is 0.211. The number of nitrogens with one attached hydrogen (secondary N) is 2. The second-order valence-electron chi connectivity index (χ2n) is 6.02. The van der Waals surface area contributed by atoms with Gasteiger partial charge in [-0.2, -0.15) is 0 Å². The number of rotatable bonds is 3. The highest BCUT2D eigenvalue weighted by atomic mass is 16.2. The molecule has 0 fully saturated rings. The largest absolute Gasteiger partial charge is 0.398 e. The van der Waals surface area contributed by atoms with Crippen molar-refractivity contribution >= 4 is 29.1 Å². The Morgan fingerprint density at radius 3 is 2.28 bits per heavy atom. The van der Waals surface area contributed by atoms with Gasteiger partial charge in [0.15, 0.2) is 0 Å². The van der Waals surface area contributed by atoms with E-state index in [2.05, 4.69) is 10.6 Å². The highest BCUT2D eigenvalue weighted by Gasteiger charge is 2.21. The van der Waals surface area contributed by atoms with Gasteiger partial charge in [-0.3, -0.25) is 19.7 Å². The van der Waals surface area contributed by atoms with Gasteiger partial charge in [-0.25, -0.2) is 0 Å². The van der Waals surface area contributed by atoms with Crippen LogP contribution in [0.15, 0.2) is 42.5 Å². The lowest BCUT2D eigenvalue weighted by Crippen LogP contribution is -2.39. The number of amides is 3. The maximum absolute atomic E-state index is 12.2. The van der Waals surface area contributed by atoms with Gasteiger partial charge in [-0.05, 0) is 36.1 Å². The molecular formula is C19H21N3O3. The third-order valence-corrected chi connectivity index (χ3v) is 3.80. The molecular weight excluding hydrogens is 318 g/mol. The Hall–Kier alpha value is -3.15. The maximum Gasteiger partial charge on any atom is 0.316 e. The average molecular weight is 339 g/mol. The van der Waals surface area contributed by atoms with Crippen LogP contribution < -0.4 is 16.4 Å². The smallest absolute Gasteiger partial charge is 0.316 e. The van der Waals surface area contributed by atoms with Gasteiger partial charge in [0.2, 0.25) is 0 Å². The van der Waals surface area contributed by atoms with E-state index in [1.807, 2.05) is 39.0 Å². The van der Waals surface area contributed by atoms with Crippen LogP contribution in [-0.2, 0) is 9.59 Å². The Morgan fingerprint density at radius 2 is 1.64 bits per heavy atom. The summed E-state index contributed by atoms with van der Waals surface area (Å²) in [5.41, 5.74) is 8.41. The van der Waals surface area contributed by atoms with Gasteiger partial charge in [0.1, 0.15) is 0 Å². The van der Waals surface area contributed by atoms with E-state index < -0.39 is 17.7 Å². The number of nitrogen functional groups attached to an aromatic ring is 1. The average Bonchev–Trinajstić information content (AvgIpc) is 2.56. The molecule has 0 aliphatic rings. The van der Waals surface area contributed by atoms with Crippen molar-refractivity contribution in [2.45, 2.75) is 26.7 Å². The van der Waals surface area contributed by atoms with Crippen molar-refractivity contribution in [2.24, 2.45) is 0 Å². The van der Waals surface area contributed by atoms with E-state index in [1.54, 1.807) is 18.2 Å². The fourth-order valence-corrected chi connectivity index (χ4v) is 2.44. The molecule has 0 aromatic heterocycles. The van der Waals surface area contributed by atoms with Crippen molar-refractivity contribution in [1.29, 1.82) is 0 Å². The molecule has 0 atom stereocenters. The van der Waals surface area contributed by atoms with E-state index in [9.17, 15) is 14.4 Å². The number of hydrogen-bond acceptors (Lipinski definition) is 4. The van der Waals surface area contributed by atoms with Crippen LogP contribution >= 0.6 is 0 Å². The van der Waals surface area contributed by atoms with E-state index in [1.165, 1.54) is 6.07 Å². The molecule has 0 spiro atoms. The van der Waals surface area contributed by atoms with Gasteiger partial charge in [-0.15, -0.1) is 0 Å². The third-order valence-electron chi connectivity index (χ3n) is 3.80. The first-order valence-corrected chi connectivity index (χ1v) is 7.92. The van der Waals surface area contributed by atoms with Crippen molar-refractivity contribution in [3.63, 3.8) is 0 Å². The van der Waals surface area contributed by atoms with Gasteiger partial charge in [0.05, 0.1) is 5.56 Å². The van der Waals surface area contributed by atoms with Crippen molar-refractivity contribution < 1.29 is 14.4 Å². The molecule has 0 aliphatic heterocycles. The lowest BCUT2D eigenvalue weighted by atomic mass is 9.98. The van der Waals surface area contributed by atoms with Crippen molar-refractivity contribution in [3.8, 4) is 0 Å². The van der Waals surface area contributed by atoms with E-state index in [0.717, 1.165) is 11.1 Å². The highest BCUT2D eigenvalue weighted by Crippen LogP contribution is 2.27. The second kappa shape index (κ2) is 7.61. The van der Waals surface area contributed by atoms with Gasteiger partial charge in [0, 0.05) is 11.4 Å². The molecule has 0 heterocycles. The van der Waals surface area contributed by atoms with E-state index >= 15 is 0 Å². The van der Waals surface area contributed by atoms with Crippen molar-refractivity contribution in [1.82, 2.24) is 5.32 Å². The van der Waals surface area contributed by atoms with Crippen molar-refractivity contribution in [2.75, 3.05) is 11.1 Å². The van der Waals surface area contributed by atoms with Crippen molar-refractivity contribution in [3.05, 3.63) is 59.2 Å². The van der Waals surface area contributed by atoms with E-state index in [4.69, 9.17) is 5.73 Å². The number of anilines is 2. The van der Waals surface area contributed by atoms with Crippen LogP contribution in [0.3, 0.4) is 0 Å². The Morgan fingerprint density at radius 1 is 0.960 bits per heavy atom. The molecule has 0 saturated carbocycles. The number of imide groups is 1. The molecule has 2 aromatic carbocycles. The van der Waals surface area contributed by atoms with Gasteiger partial charge in [-0.1, -0.05) is 44.2 Å². The normalized spacial score (nSPS) is 10.4. The Kier molecular flexibility index (Phi) is 5.54. The third kappa shape index (κ3) is 4.23. The summed E-state index contributed by atoms with van der Waals surface area (Å²) in [5, 5.41) is 4.65. The lowest BCUT2D eigenvalue weighted by molar-refractivity contribution is -0.135. The second-order valence-corrected chi connectivity index (χ2v) is 6.02. The Balaban J connectivity index is 2.13. The summed E-state index contributed by atoms with van der Waals surface area (Å²) in [7, 11) is 0. The number of carbonyl (C=O) groups excluding carboxylic acids is 3. The summed E-state index contributed by atoms with van der Waals surface area (Å²) < 4.78 is 0. The predicted octanol–water partition coefficient (Wildman–Crippen LogP) is 2.60. The Labute approximate surface area is 146 Å². The van der Waals surface area contributed by atoms with Crippen LogP contribution in [-0.4, -0.2) is 17.7 Å². The zero-order chi connectivity index (χ0) is 18.6. The molecule has 0 aliphatic carbocycles. The molecule has 4 N–H and O–H groups in total. The molecule has 0 saturated heterocycles. The van der Waals surface area contributed by atoms with Crippen LogP contribution in [0.25, 0.3) is 0 Å². The maximum atomic E-state index is 12.2. The minimum absolute atomic E-state index is 0.141. The molecule has 130 valence electrons. The molecule has 0 radical (unpaired) electrons. The van der Waals surface area contributed by atoms with Crippen LogP contribution in [0, 0.1) is 6.92 Å². The predicted molar refractivity (Wildman–Crippen MR) is 97.2 cm³/mol. The molecule has 3 amide bonds. The monoisotopic (exact) mass is 339 g/mol. The zero-order valence-electron chi connectivity index (χ0n) is 14.4. The first-order chi connectivity index (χ1) is 11.8. The number of hydrogen-bond donors (Lipinski definition) is 3. The van der Waals surface area contributed by atoms with Crippen LogP contribution in [0.1, 0.15) is 41.3 Å². The van der Waals surface area contributed by atoms with Crippen LogP contribution in [0.4, 0.5) is 11.4 Å². The molecule has 2 rings (SSSR count). The number of carbonyl (C=O) groups is 3. The highest BCUT2D eigenvalue weighted by molar-refractivity contribution is 6.42. The molecule has 0 bridgehead atoms. The summed E-state index contributed by atoms with van der Waals surface area (Å²) >= 11 is 0.